The van der Waals surface area contributed by atoms with Crippen molar-refractivity contribution >= 4 is 17.8 Å². The van der Waals surface area contributed by atoms with E-state index in [0.717, 1.165) is 0 Å². The predicted octanol–water partition coefficient (Wildman–Crippen LogP) is -2.00. The highest BCUT2D eigenvalue weighted by Crippen LogP contribution is 2.39. The summed E-state index contributed by atoms with van der Waals surface area (Å²) >= 11 is 0. The Bertz CT molecular complexity index is 570. The minimum absolute atomic E-state index is 0.157. The van der Waals surface area contributed by atoms with Crippen molar-refractivity contribution in [2.75, 3.05) is 27.3 Å². The first-order valence-electron chi connectivity index (χ1n) is 8.57. The van der Waals surface area contributed by atoms with Gasteiger partial charge in [0, 0.05) is 13.5 Å². The number of amides is 2. The van der Waals surface area contributed by atoms with Crippen LogP contribution in [-0.4, -0.2) is 81.5 Å². The molecule has 11 nitrogen and oxygen atoms in total. The SMILES string of the molecule is COC(=O)CNC(=O)C[C@H](NC(=O)CN)[C@H]1O[C@@H]2OC(C)(C)O[C@@H]2[C@H]1OC. The highest BCUT2D eigenvalue weighted by molar-refractivity contribution is 5.83. The molecule has 2 heterocycles. The number of fused-ring (bicyclic) bond motifs is 1. The third kappa shape index (κ3) is 5.36. The molecule has 2 saturated heterocycles. The van der Waals surface area contributed by atoms with Gasteiger partial charge in [-0.05, 0) is 13.8 Å². The third-order valence-electron chi connectivity index (χ3n) is 4.29. The van der Waals surface area contributed by atoms with E-state index in [2.05, 4.69) is 15.4 Å². The van der Waals surface area contributed by atoms with Crippen molar-refractivity contribution in [3.8, 4) is 0 Å². The van der Waals surface area contributed by atoms with Crippen LogP contribution in [0.1, 0.15) is 20.3 Å². The topological polar surface area (TPSA) is 147 Å². The predicted molar refractivity (Wildman–Crippen MR) is 90.1 cm³/mol. The average Bonchev–Trinajstić information content (AvgIpc) is 3.09. The lowest BCUT2D eigenvalue weighted by Crippen LogP contribution is -2.53. The average molecular weight is 389 g/mol. The van der Waals surface area contributed by atoms with Crippen LogP contribution in [0.5, 0.6) is 0 Å². The number of hydrogen-bond acceptors (Lipinski definition) is 9. The normalized spacial score (nSPS) is 29.7. The molecule has 2 aliphatic rings. The summed E-state index contributed by atoms with van der Waals surface area (Å²) in [6.07, 6.45) is -2.64. The molecule has 0 saturated carbocycles. The van der Waals surface area contributed by atoms with Crippen molar-refractivity contribution in [2.45, 2.75) is 56.7 Å². The van der Waals surface area contributed by atoms with Crippen LogP contribution in [0, 0.1) is 0 Å². The van der Waals surface area contributed by atoms with Gasteiger partial charge in [-0.25, -0.2) is 0 Å². The van der Waals surface area contributed by atoms with Gasteiger partial charge in [0.15, 0.2) is 12.1 Å². The molecule has 0 aromatic carbocycles. The Hall–Kier alpha value is -1.79. The van der Waals surface area contributed by atoms with Crippen LogP contribution in [0.25, 0.3) is 0 Å². The molecule has 0 aromatic rings. The molecule has 2 rings (SSSR count). The fourth-order valence-electron chi connectivity index (χ4n) is 3.13. The van der Waals surface area contributed by atoms with E-state index in [-0.39, 0.29) is 19.5 Å². The molecule has 0 unspecified atom stereocenters. The fourth-order valence-corrected chi connectivity index (χ4v) is 3.13. The number of nitrogens with one attached hydrogen (secondary N) is 2. The lowest BCUT2D eigenvalue weighted by atomic mass is 10.00. The first kappa shape index (κ1) is 21.5. The molecular formula is C16H27N3O8. The monoisotopic (exact) mass is 389 g/mol. The van der Waals surface area contributed by atoms with Gasteiger partial charge in [-0.2, -0.15) is 0 Å². The summed E-state index contributed by atoms with van der Waals surface area (Å²) < 4.78 is 27.4. The Balaban J connectivity index is 2.08. The molecule has 27 heavy (non-hydrogen) atoms. The number of hydrogen-bond donors (Lipinski definition) is 3. The molecule has 2 amide bonds. The van der Waals surface area contributed by atoms with Crippen LogP contribution in [0.2, 0.25) is 0 Å². The van der Waals surface area contributed by atoms with E-state index in [9.17, 15) is 14.4 Å². The van der Waals surface area contributed by atoms with E-state index < -0.39 is 54.2 Å². The lowest BCUT2D eigenvalue weighted by molar-refractivity contribution is -0.220. The lowest BCUT2D eigenvalue weighted by Gasteiger charge is -2.30. The van der Waals surface area contributed by atoms with E-state index in [1.165, 1.54) is 14.2 Å². The standard InChI is InChI=1S/C16H27N3O8/c1-16(2)26-14-13(24-4)12(25-15(14)27-16)8(19-10(21)6-17)5-9(20)18-7-11(22)23-3/h8,12-15H,5-7,17H2,1-4H3,(H,18,20)(H,19,21)/t8-,12+,13-,14+,15+/m0/s1. The first-order valence-corrected chi connectivity index (χ1v) is 8.57. The molecule has 2 fully saturated rings. The fraction of sp³-hybridized carbons (Fsp3) is 0.812. The first-order chi connectivity index (χ1) is 12.7. The van der Waals surface area contributed by atoms with Gasteiger partial charge in [0.25, 0.3) is 0 Å². The van der Waals surface area contributed by atoms with Crippen molar-refractivity contribution in [2.24, 2.45) is 5.73 Å². The van der Waals surface area contributed by atoms with Gasteiger partial charge in [0.05, 0.1) is 19.7 Å². The molecule has 0 bridgehead atoms. The molecule has 0 aliphatic carbocycles. The Morgan fingerprint density at radius 3 is 2.48 bits per heavy atom. The summed E-state index contributed by atoms with van der Waals surface area (Å²) in [5.41, 5.74) is 5.37. The summed E-state index contributed by atoms with van der Waals surface area (Å²) in [6.45, 7) is 2.98. The van der Waals surface area contributed by atoms with Gasteiger partial charge in [0.2, 0.25) is 11.8 Å². The van der Waals surface area contributed by atoms with E-state index >= 15 is 0 Å². The van der Waals surface area contributed by atoms with Gasteiger partial charge >= 0.3 is 5.97 Å². The zero-order valence-corrected chi connectivity index (χ0v) is 15.9. The molecule has 11 heteroatoms. The van der Waals surface area contributed by atoms with Gasteiger partial charge in [-0.1, -0.05) is 0 Å². The van der Waals surface area contributed by atoms with Crippen molar-refractivity contribution in [3.05, 3.63) is 0 Å². The van der Waals surface area contributed by atoms with Gasteiger partial charge in [-0.15, -0.1) is 0 Å². The molecule has 0 radical (unpaired) electrons. The van der Waals surface area contributed by atoms with Crippen LogP contribution >= 0.6 is 0 Å². The summed E-state index contributed by atoms with van der Waals surface area (Å²) in [7, 11) is 2.70. The summed E-state index contributed by atoms with van der Waals surface area (Å²) in [5.74, 6) is -2.35. The number of ether oxygens (including phenoxy) is 5. The van der Waals surface area contributed by atoms with Gasteiger partial charge in [-0.3, -0.25) is 14.4 Å². The zero-order valence-electron chi connectivity index (χ0n) is 15.9. The highest BCUT2D eigenvalue weighted by Gasteiger charge is 2.57. The number of nitrogens with two attached hydrogens (primary N) is 1. The largest absolute Gasteiger partial charge is 0.468 e. The van der Waals surface area contributed by atoms with E-state index in [4.69, 9.17) is 24.7 Å². The Labute approximate surface area is 157 Å². The quantitative estimate of drug-likeness (QED) is 0.401. The molecule has 5 atom stereocenters. The second kappa shape index (κ2) is 8.93. The van der Waals surface area contributed by atoms with Crippen LogP contribution in [0.3, 0.4) is 0 Å². The number of esters is 1. The third-order valence-corrected chi connectivity index (χ3v) is 4.29. The number of rotatable bonds is 8. The Morgan fingerprint density at radius 1 is 1.19 bits per heavy atom. The maximum absolute atomic E-state index is 12.2. The highest BCUT2D eigenvalue weighted by atomic mass is 16.8. The number of carbonyl (C=O) groups is 3. The summed E-state index contributed by atoms with van der Waals surface area (Å²) in [5, 5.41) is 5.08. The zero-order chi connectivity index (χ0) is 20.2. The van der Waals surface area contributed by atoms with E-state index in [1.807, 2.05) is 0 Å². The van der Waals surface area contributed by atoms with Crippen LogP contribution in [0.4, 0.5) is 0 Å². The minimum Gasteiger partial charge on any atom is -0.468 e. The smallest absolute Gasteiger partial charge is 0.325 e. The maximum atomic E-state index is 12.2. The second-order valence-corrected chi connectivity index (χ2v) is 6.70. The molecule has 154 valence electrons. The maximum Gasteiger partial charge on any atom is 0.325 e. The summed E-state index contributed by atoms with van der Waals surface area (Å²) in [4.78, 5) is 35.2. The van der Waals surface area contributed by atoms with Crippen LogP contribution in [-0.2, 0) is 38.1 Å². The van der Waals surface area contributed by atoms with Gasteiger partial charge < -0.3 is 40.1 Å². The Morgan fingerprint density at radius 2 is 1.89 bits per heavy atom. The molecular weight excluding hydrogens is 362 g/mol. The molecule has 4 N–H and O–H groups in total. The molecule has 0 spiro atoms. The Kier molecular flexibility index (Phi) is 7.12. The van der Waals surface area contributed by atoms with Crippen molar-refractivity contribution in [1.29, 1.82) is 0 Å². The summed E-state index contributed by atoms with van der Waals surface area (Å²) in [6, 6.07) is -0.760. The molecule has 0 aromatic heterocycles. The van der Waals surface area contributed by atoms with E-state index in [0.29, 0.717) is 0 Å². The van der Waals surface area contributed by atoms with Crippen molar-refractivity contribution in [1.82, 2.24) is 10.6 Å². The number of carbonyl (C=O) groups excluding carboxylic acids is 3. The van der Waals surface area contributed by atoms with Crippen LogP contribution < -0.4 is 16.4 Å². The van der Waals surface area contributed by atoms with Gasteiger partial charge in [0.1, 0.15) is 24.9 Å². The van der Waals surface area contributed by atoms with Crippen LogP contribution in [0.15, 0.2) is 0 Å². The second-order valence-electron chi connectivity index (χ2n) is 6.70. The number of methoxy groups -OCH3 is 2. The van der Waals surface area contributed by atoms with E-state index in [1.54, 1.807) is 13.8 Å². The van der Waals surface area contributed by atoms with Crippen molar-refractivity contribution < 1.29 is 38.1 Å². The molecule has 2 aliphatic heterocycles. The van der Waals surface area contributed by atoms with Crippen molar-refractivity contribution in [3.63, 3.8) is 0 Å². The minimum atomic E-state index is -0.828.